The van der Waals surface area contributed by atoms with Gasteiger partial charge in [-0.05, 0) is 43.0 Å². The molecule has 3 rings (SSSR count). The second-order valence-electron chi connectivity index (χ2n) is 9.27. The van der Waals surface area contributed by atoms with E-state index in [9.17, 15) is 23.2 Å². The molecule has 1 fully saturated rings. The van der Waals surface area contributed by atoms with Crippen LogP contribution in [0.5, 0.6) is 5.88 Å². The van der Waals surface area contributed by atoms with E-state index >= 15 is 0 Å². The number of hydrogen-bond donors (Lipinski definition) is 2. The Bertz CT molecular complexity index is 1150. The third kappa shape index (κ3) is 6.22. The quantitative estimate of drug-likeness (QED) is 0.463. The molecule has 9 nitrogen and oxygen atoms in total. The number of nitrogens with zero attached hydrogens (tertiary/aromatic N) is 2. The number of nitrogens with two attached hydrogens (primary N) is 1. The molecule has 1 aliphatic rings. The van der Waals surface area contributed by atoms with Crippen LogP contribution in [0.4, 0.5) is 14.5 Å². The lowest BCUT2D eigenvalue weighted by Crippen LogP contribution is -2.68. The van der Waals surface area contributed by atoms with Gasteiger partial charge in [0.05, 0.1) is 19.1 Å². The molecule has 0 bridgehead atoms. The topological polar surface area (TPSA) is 124 Å². The van der Waals surface area contributed by atoms with Gasteiger partial charge in [-0.2, -0.15) is 8.78 Å². The van der Waals surface area contributed by atoms with Gasteiger partial charge >= 0.3 is 12.6 Å². The van der Waals surface area contributed by atoms with E-state index in [-0.39, 0.29) is 37.7 Å². The van der Waals surface area contributed by atoms with E-state index in [1.54, 1.807) is 26.0 Å². The fraction of sp³-hybridized carbons (Fsp3) is 0.462. The summed E-state index contributed by atoms with van der Waals surface area (Å²) in [6.45, 7) is 4.26. The highest BCUT2D eigenvalue weighted by Crippen LogP contribution is 2.41. The third-order valence-corrected chi connectivity index (χ3v) is 6.22. The molecule has 2 heterocycles. The van der Waals surface area contributed by atoms with Gasteiger partial charge in [-0.1, -0.05) is 38.1 Å². The summed E-state index contributed by atoms with van der Waals surface area (Å²) in [7, 11) is 0. The van der Waals surface area contributed by atoms with Crippen LogP contribution in [0, 0.1) is 6.92 Å². The minimum Gasteiger partial charge on any atom is -0.466 e. The lowest BCUT2D eigenvalue weighted by atomic mass is 9.69. The summed E-state index contributed by atoms with van der Waals surface area (Å²) in [5.74, 6) is -1.92. The largest absolute Gasteiger partial charge is 0.466 e. The lowest BCUT2D eigenvalue weighted by molar-refractivity contribution is -0.150. The number of amides is 2. The van der Waals surface area contributed by atoms with Crippen LogP contribution >= 0.6 is 0 Å². The van der Waals surface area contributed by atoms with Gasteiger partial charge in [0.15, 0.2) is 0 Å². The van der Waals surface area contributed by atoms with Gasteiger partial charge < -0.3 is 25.4 Å². The first-order valence-corrected chi connectivity index (χ1v) is 12.0. The number of likely N-dealkylation sites (tertiary alicyclic amines) is 1. The second kappa shape index (κ2) is 11.6. The average Bonchev–Trinajstić information content (AvgIpc) is 2.80. The van der Waals surface area contributed by atoms with Gasteiger partial charge in [0.2, 0.25) is 17.7 Å². The maximum Gasteiger partial charge on any atom is 0.388 e. The van der Waals surface area contributed by atoms with E-state index in [4.69, 9.17) is 10.5 Å². The zero-order chi connectivity index (χ0) is 27.3. The van der Waals surface area contributed by atoms with Crippen LogP contribution in [0.2, 0.25) is 0 Å². The summed E-state index contributed by atoms with van der Waals surface area (Å²) in [5.41, 5.74) is 6.81. The van der Waals surface area contributed by atoms with Crippen LogP contribution in [0.25, 0.3) is 0 Å². The maximum atomic E-state index is 13.8. The molecule has 37 heavy (non-hydrogen) atoms. The fourth-order valence-corrected chi connectivity index (χ4v) is 4.40. The number of hydrogen-bond acceptors (Lipinski definition) is 7. The number of aryl methyl sites for hydroxylation is 1. The Hall–Kier alpha value is -3.60. The summed E-state index contributed by atoms with van der Waals surface area (Å²) in [6.07, 6.45) is -0.283. The fourth-order valence-electron chi connectivity index (χ4n) is 4.40. The molecule has 1 aromatic heterocycles. The highest BCUT2D eigenvalue weighted by Gasteiger charge is 2.54. The van der Waals surface area contributed by atoms with Crippen LogP contribution in [-0.2, 0) is 24.5 Å². The number of carbonyl (C=O) groups excluding carboxylic acids is 3. The van der Waals surface area contributed by atoms with Crippen molar-refractivity contribution in [2.24, 2.45) is 5.73 Å². The number of alkyl halides is 2. The van der Waals surface area contributed by atoms with E-state index in [1.807, 2.05) is 32.0 Å². The van der Waals surface area contributed by atoms with Gasteiger partial charge in [0.1, 0.15) is 11.1 Å². The second-order valence-corrected chi connectivity index (χ2v) is 9.27. The summed E-state index contributed by atoms with van der Waals surface area (Å²) >= 11 is 0. The van der Waals surface area contributed by atoms with Crippen LogP contribution in [0.15, 0.2) is 36.4 Å². The number of aromatic nitrogens is 1. The molecule has 200 valence electrons. The Morgan fingerprint density at radius 1 is 1.16 bits per heavy atom. The predicted molar refractivity (Wildman–Crippen MR) is 132 cm³/mol. The van der Waals surface area contributed by atoms with Crippen LogP contribution in [0.3, 0.4) is 0 Å². The van der Waals surface area contributed by atoms with Crippen LogP contribution < -0.4 is 15.8 Å². The molecule has 2 amide bonds. The molecular weight excluding hydrogens is 486 g/mol. The van der Waals surface area contributed by atoms with Crippen molar-refractivity contribution in [1.82, 2.24) is 9.88 Å². The molecule has 1 aromatic carbocycles. The monoisotopic (exact) mass is 518 g/mol. The van der Waals surface area contributed by atoms with E-state index < -0.39 is 41.7 Å². The number of halogens is 2. The number of esters is 1. The smallest absolute Gasteiger partial charge is 0.388 e. The molecule has 1 aliphatic heterocycles. The summed E-state index contributed by atoms with van der Waals surface area (Å²) in [5, 5.41) is 2.69. The molecule has 3 N–H and O–H groups in total. The number of carbonyl (C=O) groups is 3. The van der Waals surface area contributed by atoms with Crippen molar-refractivity contribution in [2.45, 2.75) is 58.1 Å². The van der Waals surface area contributed by atoms with Crippen molar-refractivity contribution in [3.8, 4) is 5.88 Å². The van der Waals surface area contributed by atoms with Gasteiger partial charge in [-0.25, -0.2) is 4.98 Å². The van der Waals surface area contributed by atoms with Crippen molar-refractivity contribution in [2.75, 3.05) is 25.0 Å². The first-order chi connectivity index (χ1) is 17.5. The Morgan fingerprint density at radius 3 is 2.46 bits per heavy atom. The Kier molecular flexibility index (Phi) is 8.80. The van der Waals surface area contributed by atoms with Crippen LogP contribution in [-0.4, -0.2) is 60.0 Å². The summed E-state index contributed by atoms with van der Waals surface area (Å²) < 4.78 is 35.4. The lowest BCUT2D eigenvalue weighted by Gasteiger charge is -2.50. The highest BCUT2D eigenvalue weighted by atomic mass is 19.3. The predicted octanol–water partition coefficient (Wildman–Crippen LogP) is 3.11. The van der Waals surface area contributed by atoms with Crippen molar-refractivity contribution in [3.63, 3.8) is 0 Å². The van der Waals surface area contributed by atoms with Crippen LogP contribution in [0.1, 0.15) is 49.9 Å². The zero-order valence-electron chi connectivity index (χ0n) is 21.3. The van der Waals surface area contributed by atoms with Crippen molar-refractivity contribution >= 4 is 23.5 Å². The number of anilines is 1. The molecule has 1 atom stereocenters. The van der Waals surface area contributed by atoms with E-state index in [0.29, 0.717) is 11.3 Å². The van der Waals surface area contributed by atoms with E-state index in [2.05, 4.69) is 15.0 Å². The molecule has 0 radical (unpaired) electrons. The number of ether oxygens (including phenoxy) is 2. The Labute approximate surface area is 214 Å². The number of benzene rings is 1. The standard InChI is InChI=1S/C26H32F2N4O5/c1-5-36-21(33)12-19(29)23(34)32-13-26(14-32,18-9-7-6-8-17(18)15(2)3)24(35)31-20-11-10-16(4)30-22(20)37-25(27)28/h6-11,15,19,25H,5,12-14,29H2,1-4H3,(H,31,35)/t19-/m0/s1. The van der Waals surface area contributed by atoms with Crippen molar-refractivity contribution in [1.29, 1.82) is 0 Å². The van der Waals surface area contributed by atoms with Gasteiger partial charge in [-0.3, -0.25) is 14.4 Å². The first kappa shape index (κ1) is 28.0. The summed E-state index contributed by atoms with van der Waals surface area (Å²) in [6, 6.07) is 9.27. The normalized spacial score (nSPS) is 15.2. The third-order valence-electron chi connectivity index (χ3n) is 6.22. The van der Waals surface area contributed by atoms with Crippen molar-refractivity contribution < 1.29 is 32.6 Å². The molecular formula is C26H32F2N4O5. The van der Waals surface area contributed by atoms with E-state index in [1.165, 1.54) is 11.0 Å². The first-order valence-electron chi connectivity index (χ1n) is 12.0. The molecule has 0 aliphatic carbocycles. The zero-order valence-corrected chi connectivity index (χ0v) is 21.3. The maximum absolute atomic E-state index is 13.8. The van der Waals surface area contributed by atoms with Gasteiger partial charge in [-0.15, -0.1) is 0 Å². The molecule has 0 spiro atoms. The van der Waals surface area contributed by atoms with Crippen molar-refractivity contribution in [3.05, 3.63) is 53.2 Å². The summed E-state index contributed by atoms with van der Waals surface area (Å²) in [4.78, 5) is 43.9. The number of rotatable bonds is 10. The molecule has 1 saturated heterocycles. The highest BCUT2D eigenvalue weighted by molar-refractivity contribution is 6.03. The number of pyridine rings is 1. The molecule has 11 heteroatoms. The minimum atomic E-state index is -3.13. The average molecular weight is 519 g/mol. The van der Waals surface area contributed by atoms with E-state index in [0.717, 1.165) is 5.56 Å². The Balaban J connectivity index is 1.92. The van der Waals surface area contributed by atoms with Gasteiger partial charge in [0, 0.05) is 18.8 Å². The molecule has 0 saturated carbocycles. The SMILES string of the molecule is CCOC(=O)C[C@H](N)C(=O)N1CC(C(=O)Nc2ccc(C)nc2OC(F)F)(c2ccccc2C(C)C)C1. The molecule has 0 unspecified atom stereocenters. The molecule has 2 aromatic rings. The number of nitrogens with one attached hydrogen (secondary N) is 1. The Morgan fingerprint density at radius 2 is 1.84 bits per heavy atom. The minimum absolute atomic E-state index is 0.0117. The van der Waals surface area contributed by atoms with Gasteiger partial charge in [0.25, 0.3) is 0 Å².